The summed E-state index contributed by atoms with van der Waals surface area (Å²) in [5.41, 5.74) is 21.0. The minimum absolute atomic E-state index is 1.25. The Morgan fingerprint density at radius 1 is 0.262 bits per heavy atom. The Morgan fingerprint density at radius 3 is 0.762 bits per heavy atom. The van der Waals surface area contributed by atoms with Crippen molar-refractivity contribution in [2.24, 2.45) is 0 Å². The molecular formula is C42H30. The van der Waals surface area contributed by atoms with Gasteiger partial charge in [0.1, 0.15) is 0 Å². The van der Waals surface area contributed by atoms with Gasteiger partial charge in [0.25, 0.3) is 0 Å². The zero-order valence-electron chi connectivity index (χ0n) is 23.9. The Balaban J connectivity index is 1.38. The molecule has 0 radical (unpaired) electrons. The van der Waals surface area contributed by atoms with Crippen molar-refractivity contribution in [3.63, 3.8) is 0 Å². The van der Waals surface area contributed by atoms with Gasteiger partial charge in [-0.3, -0.25) is 0 Å². The van der Waals surface area contributed by atoms with E-state index >= 15 is 0 Å². The third-order valence-electron chi connectivity index (χ3n) is 9.00. The summed E-state index contributed by atoms with van der Waals surface area (Å²) in [6, 6.07) is 53.1. The molecule has 6 aromatic rings. The third-order valence-corrected chi connectivity index (χ3v) is 9.00. The minimum Gasteiger partial charge on any atom is -0.0622 e. The molecule has 0 amide bonds. The Kier molecular flexibility index (Phi) is 5.69. The van der Waals surface area contributed by atoms with Crippen molar-refractivity contribution in [1.82, 2.24) is 0 Å². The number of hydrogen-bond donors (Lipinski definition) is 0. The van der Waals surface area contributed by atoms with E-state index in [1.54, 1.807) is 0 Å². The SMILES string of the molecule is CC1=C2C(=C(C)c3cc(-c4ccccc4)c(-c4ccccc4)cc32)c2cc(-c3ccccc3)c(-c3ccccc3)cc21. The van der Waals surface area contributed by atoms with Gasteiger partial charge in [0.2, 0.25) is 0 Å². The number of allylic oxidation sites excluding steroid dienone is 4. The molecule has 42 heavy (non-hydrogen) atoms. The maximum absolute atomic E-state index is 2.45. The molecule has 198 valence electrons. The maximum Gasteiger partial charge on any atom is -0.00605 e. The molecule has 0 nitrogen and oxygen atoms in total. The van der Waals surface area contributed by atoms with Crippen LogP contribution in [-0.4, -0.2) is 0 Å². The monoisotopic (exact) mass is 534 g/mol. The smallest absolute Gasteiger partial charge is 0.00605 e. The van der Waals surface area contributed by atoms with Crippen LogP contribution in [0.25, 0.3) is 66.8 Å². The van der Waals surface area contributed by atoms with Crippen LogP contribution < -0.4 is 0 Å². The van der Waals surface area contributed by atoms with E-state index in [0.29, 0.717) is 0 Å². The summed E-state index contributed by atoms with van der Waals surface area (Å²) in [5.74, 6) is 0. The lowest BCUT2D eigenvalue weighted by molar-refractivity contribution is 1.50. The molecule has 0 aliphatic heterocycles. The predicted octanol–water partition coefficient (Wildman–Crippen LogP) is 11.5. The molecule has 0 saturated carbocycles. The van der Waals surface area contributed by atoms with Crippen LogP contribution in [0.3, 0.4) is 0 Å². The first-order valence-electron chi connectivity index (χ1n) is 14.7. The number of rotatable bonds is 4. The zero-order chi connectivity index (χ0) is 28.2. The minimum atomic E-state index is 1.25. The van der Waals surface area contributed by atoms with E-state index in [0.717, 1.165) is 0 Å². The second-order valence-corrected chi connectivity index (χ2v) is 11.4. The lowest BCUT2D eigenvalue weighted by Crippen LogP contribution is -1.93. The largest absolute Gasteiger partial charge is 0.0622 e. The predicted molar refractivity (Wildman–Crippen MR) is 180 cm³/mol. The fourth-order valence-corrected chi connectivity index (χ4v) is 6.98. The average Bonchev–Trinajstić information content (AvgIpc) is 3.52. The quantitative estimate of drug-likeness (QED) is 0.211. The van der Waals surface area contributed by atoms with Crippen molar-refractivity contribution in [2.75, 3.05) is 0 Å². The van der Waals surface area contributed by atoms with Crippen molar-refractivity contribution >= 4 is 22.3 Å². The van der Waals surface area contributed by atoms with Gasteiger partial charge >= 0.3 is 0 Å². The number of hydrogen-bond acceptors (Lipinski definition) is 0. The van der Waals surface area contributed by atoms with E-state index in [2.05, 4.69) is 159 Å². The molecule has 2 aliphatic carbocycles. The standard InChI is InChI=1S/C42H30/c1-27-33-23-35(29-15-7-3-8-16-29)37(31-19-11-5-12-20-31)25-39(33)42-28(2)34-24-36(30-17-9-4-10-18-30)38(26-40(34)41(27)42)32-21-13-6-14-22-32/h3-26H,1-2H3. The second-order valence-electron chi connectivity index (χ2n) is 11.4. The third kappa shape index (κ3) is 3.76. The highest BCUT2D eigenvalue weighted by molar-refractivity contribution is 6.32. The van der Waals surface area contributed by atoms with Crippen LogP contribution in [0.2, 0.25) is 0 Å². The van der Waals surface area contributed by atoms with Gasteiger partial charge in [0.15, 0.2) is 0 Å². The molecule has 6 aromatic carbocycles. The highest BCUT2D eigenvalue weighted by atomic mass is 14.4. The molecular weight excluding hydrogens is 504 g/mol. The molecule has 8 rings (SSSR count). The number of fused-ring (bicyclic) bond motifs is 5. The molecule has 0 heterocycles. The van der Waals surface area contributed by atoms with E-state index in [1.807, 2.05) is 0 Å². The van der Waals surface area contributed by atoms with Crippen LogP contribution in [0, 0.1) is 0 Å². The lowest BCUT2D eigenvalue weighted by atomic mass is 9.87. The van der Waals surface area contributed by atoms with Crippen LogP contribution in [0.1, 0.15) is 36.1 Å². The Morgan fingerprint density at radius 2 is 0.500 bits per heavy atom. The molecule has 0 N–H and O–H groups in total. The Labute approximate surface area is 248 Å². The first kappa shape index (κ1) is 24.6. The summed E-state index contributed by atoms with van der Waals surface area (Å²) < 4.78 is 0. The van der Waals surface area contributed by atoms with Crippen LogP contribution in [0.5, 0.6) is 0 Å². The molecule has 0 bridgehead atoms. The molecule has 0 fully saturated rings. The highest BCUT2D eigenvalue weighted by Crippen LogP contribution is 2.58. The highest BCUT2D eigenvalue weighted by Gasteiger charge is 2.35. The van der Waals surface area contributed by atoms with Crippen molar-refractivity contribution in [2.45, 2.75) is 13.8 Å². The molecule has 2 aliphatic rings. The average molecular weight is 535 g/mol. The van der Waals surface area contributed by atoms with Crippen molar-refractivity contribution in [3.05, 3.63) is 168 Å². The van der Waals surface area contributed by atoms with Gasteiger partial charge in [-0.1, -0.05) is 121 Å². The summed E-state index contributed by atoms with van der Waals surface area (Å²) in [6.45, 7) is 4.63. The van der Waals surface area contributed by atoms with Gasteiger partial charge in [-0.05, 0) is 127 Å². The van der Waals surface area contributed by atoms with Crippen LogP contribution in [0.4, 0.5) is 0 Å². The fourth-order valence-electron chi connectivity index (χ4n) is 6.98. The normalized spacial score (nSPS) is 13.3. The molecule has 0 heteroatoms. The van der Waals surface area contributed by atoms with E-state index in [9.17, 15) is 0 Å². The Hall–Kier alpha value is -5.20. The van der Waals surface area contributed by atoms with Crippen LogP contribution >= 0.6 is 0 Å². The summed E-state index contributed by atoms with van der Waals surface area (Å²) in [7, 11) is 0. The number of benzene rings is 6. The van der Waals surface area contributed by atoms with Crippen molar-refractivity contribution < 1.29 is 0 Å². The summed E-state index contributed by atoms with van der Waals surface area (Å²) in [4.78, 5) is 0. The molecule has 0 saturated heterocycles. The molecule has 0 spiro atoms. The van der Waals surface area contributed by atoms with Gasteiger partial charge < -0.3 is 0 Å². The zero-order valence-corrected chi connectivity index (χ0v) is 23.9. The first-order valence-corrected chi connectivity index (χ1v) is 14.7. The van der Waals surface area contributed by atoms with Crippen molar-refractivity contribution in [1.29, 1.82) is 0 Å². The molecule has 0 unspecified atom stereocenters. The second kappa shape index (κ2) is 9.72. The van der Waals surface area contributed by atoms with Gasteiger partial charge in [-0.2, -0.15) is 0 Å². The summed E-state index contributed by atoms with van der Waals surface area (Å²) in [5, 5.41) is 0. The van der Waals surface area contributed by atoms with E-state index in [4.69, 9.17) is 0 Å². The Bertz CT molecular complexity index is 1890. The van der Waals surface area contributed by atoms with E-state index in [-0.39, 0.29) is 0 Å². The maximum atomic E-state index is 2.45. The van der Waals surface area contributed by atoms with Gasteiger partial charge in [-0.15, -0.1) is 0 Å². The van der Waals surface area contributed by atoms with Crippen molar-refractivity contribution in [3.8, 4) is 44.5 Å². The van der Waals surface area contributed by atoms with E-state index < -0.39 is 0 Å². The lowest BCUT2D eigenvalue weighted by Gasteiger charge is -2.16. The van der Waals surface area contributed by atoms with Gasteiger partial charge in [-0.25, -0.2) is 0 Å². The van der Waals surface area contributed by atoms with Crippen LogP contribution in [-0.2, 0) is 0 Å². The van der Waals surface area contributed by atoms with Gasteiger partial charge in [0, 0.05) is 0 Å². The van der Waals surface area contributed by atoms with E-state index in [1.165, 1.54) is 89.1 Å². The summed E-state index contributed by atoms with van der Waals surface area (Å²) >= 11 is 0. The van der Waals surface area contributed by atoms with Crippen LogP contribution in [0.15, 0.2) is 146 Å². The fraction of sp³-hybridized carbons (Fsp3) is 0.0476. The first-order chi connectivity index (χ1) is 20.7. The molecule has 0 aromatic heterocycles. The molecule has 0 atom stereocenters. The topological polar surface area (TPSA) is 0 Å². The van der Waals surface area contributed by atoms with Gasteiger partial charge in [0.05, 0.1) is 0 Å². The summed E-state index contributed by atoms with van der Waals surface area (Å²) in [6.07, 6.45) is 0.